The molecule has 0 spiro atoms. The van der Waals surface area contributed by atoms with Crippen molar-refractivity contribution in [1.82, 2.24) is 10.2 Å². The summed E-state index contributed by atoms with van der Waals surface area (Å²) in [5.74, 6) is 0.670. The van der Waals surface area contributed by atoms with Gasteiger partial charge in [-0.05, 0) is 58.0 Å². The van der Waals surface area contributed by atoms with E-state index < -0.39 is 0 Å². The number of likely N-dealkylation sites (tertiary alicyclic amines) is 1. The second kappa shape index (κ2) is 7.99. The highest BCUT2D eigenvalue weighted by Gasteiger charge is 2.31. The Hall–Kier alpha value is -0.610. The van der Waals surface area contributed by atoms with Crippen LogP contribution in [0.2, 0.25) is 0 Å². The van der Waals surface area contributed by atoms with Crippen molar-refractivity contribution in [1.29, 1.82) is 0 Å². The standard InChI is InChI=1S/C16H30N2O2/c1-3-6-15(16(19)20-4-2)18-10-5-7-13(12-18)11-17-14-8-9-14/h13-15,17H,3-12H2,1-2H3. The van der Waals surface area contributed by atoms with E-state index in [1.54, 1.807) is 0 Å². The maximum absolute atomic E-state index is 12.1. The second-order valence-electron chi connectivity index (χ2n) is 6.24. The molecule has 0 bridgehead atoms. The molecule has 2 fully saturated rings. The zero-order valence-corrected chi connectivity index (χ0v) is 13.1. The molecule has 4 heteroatoms. The topological polar surface area (TPSA) is 41.6 Å². The van der Waals surface area contributed by atoms with E-state index in [4.69, 9.17) is 4.74 Å². The highest BCUT2D eigenvalue weighted by atomic mass is 16.5. The first-order chi connectivity index (χ1) is 9.74. The van der Waals surface area contributed by atoms with Crippen molar-refractivity contribution in [2.75, 3.05) is 26.2 Å². The maximum atomic E-state index is 12.1. The molecule has 2 rings (SSSR count). The monoisotopic (exact) mass is 282 g/mol. The molecule has 0 aromatic rings. The van der Waals surface area contributed by atoms with E-state index in [0.717, 1.165) is 38.5 Å². The van der Waals surface area contributed by atoms with Gasteiger partial charge >= 0.3 is 5.97 Å². The van der Waals surface area contributed by atoms with Gasteiger partial charge in [-0.3, -0.25) is 9.69 Å². The normalized spacial score (nSPS) is 25.4. The molecule has 2 unspecified atom stereocenters. The van der Waals surface area contributed by atoms with Gasteiger partial charge in [0, 0.05) is 12.6 Å². The third-order valence-corrected chi connectivity index (χ3v) is 4.38. The lowest BCUT2D eigenvalue weighted by Gasteiger charge is -2.37. The van der Waals surface area contributed by atoms with Crippen LogP contribution >= 0.6 is 0 Å². The van der Waals surface area contributed by atoms with Gasteiger partial charge < -0.3 is 10.1 Å². The zero-order valence-electron chi connectivity index (χ0n) is 13.1. The molecule has 1 N–H and O–H groups in total. The van der Waals surface area contributed by atoms with E-state index in [2.05, 4.69) is 17.1 Å². The number of piperidine rings is 1. The fourth-order valence-electron chi connectivity index (χ4n) is 3.13. The van der Waals surface area contributed by atoms with Gasteiger partial charge in [0.1, 0.15) is 6.04 Å². The van der Waals surface area contributed by atoms with Gasteiger partial charge in [0.15, 0.2) is 0 Å². The van der Waals surface area contributed by atoms with E-state index in [1.165, 1.54) is 25.7 Å². The van der Waals surface area contributed by atoms with Crippen LogP contribution in [0, 0.1) is 5.92 Å². The summed E-state index contributed by atoms with van der Waals surface area (Å²) in [4.78, 5) is 14.5. The van der Waals surface area contributed by atoms with Crippen molar-refractivity contribution < 1.29 is 9.53 Å². The number of hydrogen-bond donors (Lipinski definition) is 1. The molecular weight excluding hydrogens is 252 g/mol. The predicted octanol–water partition coefficient (Wildman–Crippen LogP) is 2.18. The molecule has 0 amide bonds. The minimum Gasteiger partial charge on any atom is -0.465 e. The number of nitrogens with zero attached hydrogens (tertiary/aromatic N) is 1. The first-order valence-electron chi connectivity index (χ1n) is 8.38. The predicted molar refractivity (Wildman–Crippen MR) is 80.7 cm³/mol. The third kappa shape index (κ3) is 4.74. The number of carbonyl (C=O) groups is 1. The Kier molecular flexibility index (Phi) is 6.30. The Morgan fingerprint density at radius 3 is 2.80 bits per heavy atom. The summed E-state index contributed by atoms with van der Waals surface area (Å²) in [5.41, 5.74) is 0. The van der Waals surface area contributed by atoms with Crippen LogP contribution in [0.3, 0.4) is 0 Å². The molecule has 116 valence electrons. The van der Waals surface area contributed by atoms with E-state index in [-0.39, 0.29) is 12.0 Å². The van der Waals surface area contributed by atoms with E-state index in [1.807, 2.05) is 6.92 Å². The number of hydrogen-bond acceptors (Lipinski definition) is 4. The number of esters is 1. The lowest BCUT2D eigenvalue weighted by Crippen LogP contribution is -2.49. The van der Waals surface area contributed by atoms with Crippen LogP contribution in [-0.4, -0.2) is 49.2 Å². The quantitative estimate of drug-likeness (QED) is 0.693. The van der Waals surface area contributed by atoms with Gasteiger partial charge in [-0.15, -0.1) is 0 Å². The van der Waals surface area contributed by atoms with Crippen LogP contribution in [0.4, 0.5) is 0 Å². The van der Waals surface area contributed by atoms with Gasteiger partial charge in [-0.1, -0.05) is 13.3 Å². The van der Waals surface area contributed by atoms with Crippen LogP contribution in [0.1, 0.15) is 52.4 Å². The average Bonchev–Trinajstić information content (AvgIpc) is 3.27. The highest BCUT2D eigenvalue weighted by molar-refractivity contribution is 5.75. The Balaban J connectivity index is 1.84. The second-order valence-corrected chi connectivity index (χ2v) is 6.24. The lowest BCUT2D eigenvalue weighted by molar-refractivity contribution is -0.150. The summed E-state index contributed by atoms with van der Waals surface area (Å²) in [5, 5.41) is 3.63. The van der Waals surface area contributed by atoms with Gasteiger partial charge in [-0.25, -0.2) is 0 Å². The van der Waals surface area contributed by atoms with Crippen LogP contribution in [0.15, 0.2) is 0 Å². The number of ether oxygens (including phenoxy) is 1. The summed E-state index contributed by atoms with van der Waals surface area (Å²) in [6.07, 6.45) is 7.14. The molecular formula is C16H30N2O2. The van der Waals surface area contributed by atoms with Crippen LogP contribution < -0.4 is 5.32 Å². The molecule has 1 saturated heterocycles. The van der Waals surface area contributed by atoms with Crippen LogP contribution in [0.25, 0.3) is 0 Å². The largest absolute Gasteiger partial charge is 0.465 e. The van der Waals surface area contributed by atoms with E-state index in [9.17, 15) is 4.79 Å². The Bertz CT molecular complexity index is 305. The van der Waals surface area contributed by atoms with Gasteiger partial charge in [-0.2, -0.15) is 0 Å². The molecule has 1 saturated carbocycles. The summed E-state index contributed by atoms with van der Waals surface area (Å²) in [6.45, 7) is 7.72. The van der Waals surface area contributed by atoms with Gasteiger partial charge in [0.25, 0.3) is 0 Å². The minimum absolute atomic E-state index is 0.0230. The van der Waals surface area contributed by atoms with E-state index in [0.29, 0.717) is 12.5 Å². The molecule has 1 aliphatic heterocycles. The maximum Gasteiger partial charge on any atom is 0.323 e. The van der Waals surface area contributed by atoms with Gasteiger partial charge in [0.05, 0.1) is 6.61 Å². The SMILES string of the molecule is CCCC(C(=O)OCC)N1CCCC(CNC2CC2)C1. The minimum atomic E-state index is -0.0244. The highest BCUT2D eigenvalue weighted by Crippen LogP contribution is 2.23. The fourth-order valence-corrected chi connectivity index (χ4v) is 3.13. The smallest absolute Gasteiger partial charge is 0.323 e. The molecule has 0 aromatic heterocycles. The molecule has 2 atom stereocenters. The lowest BCUT2D eigenvalue weighted by atomic mass is 9.95. The number of carbonyl (C=O) groups excluding carboxylic acids is 1. The summed E-state index contributed by atoms with van der Waals surface area (Å²) >= 11 is 0. The fraction of sp³-hybridized carbons (Fsp3) is 0.938. The molecule has 4 nitrogen and oxygen atoms in total. The van der Waals surface area contributed by atoms with Crippen molar-refractivity contribution in [2.24, 2.45) is 5.92 Å². The third-order valence-electron chi connectivity index (χ3n) is 4.38. The van der Waals surface area contributed by atoms with Crippen molar-refractivity contribution in [3.8, 4) is 0 Å². The van der Waals surface area contributed by atoms with Crippen LogP contribution in [0.5, 0.6) is 0 Å². The Morgan fingerprint density at radius 2 is 2.15 bits per heavy atom. The van der Waals surface area contributed by atoms with Crippen molar-refractivity contribution in [3.63, 3.8) is 0 Å². The van der Waals surface area contributed by atoms with E-state index >= 15 is 0 Å². The molecule has 0 aromatic carbocycles. The van der Waals surface area contributed by atoms with Crippen LogP contribution in [-0.2, 0) is 9.53 Å². The first-order valence-corrected chi connectivity index (χ1v) is 8.38. The first kappa shape index (κ1) is 15.8. The van der Waals surface area contributed by atoms with Crippen molar-refractivity contribution in [2.45, 2.75) is 64.5 Å². The molecule has 0 radical (unpaired) electrons. The average molecular weight is 282 g/mol. The summed E-state index contributed by atoms with van der Waals surface area (Å²) in [7, 11) is 0. The number of nitrogens with one attached hydrogen (secondary N) is 1. The Labute approximate surface area is 123 Å². The molecule has 2 aliphatic rings. The zero-order chi connectivity index (χ0) is 14.4. The molecule has 1 aliphatic carbocycles. The summed E-state index contributed by atoms with van der Waals surface area (Å²) < 4.78 is 5.26. The molecule has 20 heavy (non-hydrogen) atoms. The van der Waals surface area contributed by atoms with Gasteiger partial charge in [0.2, 0.25) is 0 Å². The Morgan fingerprint density at radius 1 is 1.35 bits per heavy atom. The van der Waals surface area contributed by atoms with Crippen molar-refractivity contribution in [3.05, 3.63) is 0 Å². The van der Waals surface area contributed by atoms with Crippen molar-refractivity contribution >= 4 is 5.97 Å². The number of rotatable bonds is 8. The molecule has 1 heterocycles. The summed E-state index contributed by atoms with van der Waals surface area (Å²) in [6, 6.07) is 0.755.